The summed E-state index contributed by atoms with van der Waals surface area (Å²) in [6, 6.07) is 5.87. The maximum Gasteiger partial charge on any atom is 0.165 e. The quantitative estimate of drug-likeness (QED) is 0.593. The Labute approximate surface area is 135 Å². The average molecular weight is 322 g/mol. The van der Waals surface area contributed by atoms with E-state index in [1.54, 1.807) is 35.1 Å². The molecule has 0 amide bonds. The van der Waals surface area contributed by atoms with Crippen LogP contribution in [0.3, 0.4) is 0 Å². The van der Waals surface area contributed by atoms with Gasteiger partial charge in [0.2, 0.25) is 0 Å². The molecule has 0 aliphatic carbocycles. The molecule has 24 heavy (non-hydrogen) atoms. The van der Waals surface area contributed by atoms with Gasteiger partial charge in [-0.1, -0.05) is 6.07 Å². The van der Waals surface area contributed by atoms with Gasteiger partial charge in [0.25, 0.3) is 0 Å². The molecule has 0 saturated heterocycles. The van der Waals surface area contributed by atoms with Crippen molar-refractivity contribution in [1.82, 2.24) is 19.4 Å². The number of halogens is 1. The lowest BCUT2D eigenvalue weighted by Gasteiger charge is -2.04. The number of hydrogen-bond acceptors (Lipinski definition) is 5. The number of fused-ring (bicyclic) bond motifs is 1. The Bertz CT molecular complexity index is 1060. The number of pyridine rings is 1. The van der Waals surface area contributed by atoms with Crippen LogP contribution in [0.2, 0.25) is 0 Å². The summed E-state index contributed by atoms with van der Waals surface area (Å²) < 4.78 is 15.4. The van der Waals surface area contributed by atoms with Crippen LogP contribution in [0.1, 0.15) is 0 Å². The van der Waals surface area contributed by atoms with Crippen LogP contribution in [0.15, 0.2) is 55.2 Å². The lowest BCUT2D eigenvalue weighted by Crippen LogP contribution is -1.91. The number of phenols is 1. The van der Waals surface area contributed by atoms with Crippen molar-refractivity contribution >= 4 is 5.52 Å². The third kappa shape index (κ3) is 2.06. The summed E-state index contributed by atoms with van der Waals surface area (Å²) in [7, 11) is 0. The van der Waals surface area contributed by atoms with Gasteiger partial charge in [-0.15, -0.1) is 0 Å². The first-order valence-corrected chi connectivity index (χ1v) is 7.10. The second-order valence-electron chi connectivity index (χ2n) is 5.14. The average Bonchev–Trinajstić information content (AvgIpc) is 2.97. The number of aromatic hydroxyl groups is 2. The number of rotatable bonds is 2. The van der Waals surface area contributed by atoms with Crippen molar-refractivity contribution in [3.63, 3.8) is 0 Å². The molecule has 4 rings (SSSR count). The third-order valence-corrected chi connectivity index (χ3v) is 3.73. The molecule has 0 aliphatic heterocycles. The van der Waals surface area contributed by atoms with Crippen molar-refractivity contribution in [1.29, 1.82) is 0 Å². The van der Waals surface area contributed by atoms with Crippen molar-refractivity contribution in [2.24, 2.45) is 0 Å². The lowest BCUT2D eigenvalue weighted by atomic mass is 10.1. The molecule has 0 saturated carbocycles. The molecule has 0 aliphatic rings. The highest BCUT2D eigenvalue weighted by atomic mass is 19.1. The summed E-state index contributed by atoms with van der Waals surface area (Å²) in [5, 5.41) is 20.1. The Morgan fingerprint density at radius 2 is 1.79 bits per heavy atom. The largest absolute Gasteiger partial charge is 0.506 e. The molecular formula is C17H11FN4O2. The van der Waals surface area contributed by atoms with Gasteiger partial charge in [-0.2, -0.15) is 0 Å². The highest BCUT2D eigenvalue weighted by molar-refractivity contribution is 5.84. The molecule has 2 N–H and O–H groups in total. The van der Waals surface area contributed by atoms with Crippen LogP contribution in [0.5, 0.6) is 11.5 Å². The van der Waals surface area contributed by atoms with E-state index in [9.17, 15) is 14.6 Å². The highest BCUT2D eigenvalue weighted by Gasteiger charge is 2.19. The Morgan fingerprint density at radius 1 is 0.958 bits per heavy atom. The van der Waals surface area contributed by atoms with Crippen molar-refractivity contribution in [2.45, 2.75) is 0 Å². The maximum absolute atomic E-state index is 13.7. The first-order chi connectivity index (χ1) is 11.7. The van der Waals surface area contributed by atoms with Gasteiger partial charge in [0.05, 0.1) is 23.5 Å². The molecule has 4 aromatic rings. The molecule has 1 aromatic carbocycles. The van der Waals surface area contributed by atoms with Crippen LogP contribution >= 0.6 is 0 Å². The monoisotopic (exact) mass is 322 g/mol. The van der Waals surface area contributed by atoms with Gasteiger partial charge in [0, 0.05) is 24.2 Å². The van der Waals surface area contributed by atoms with E-state index in [0.717, 1.165) is 0 Å². The van der Waals surface area contributed by atoms with Gasteiger partial charge >= 0.3 is 0 Å². The van der Waals surface area contributed by atoms with Gasteiger partial charge in [-0.05, 0) is 18.2 Å². The van der Waals surface area contributed by atoms with Crippen LogP contribution in [0.25, 0.3) is 28.2 Å². The number of phenolic OH excluding ortho intramolecular Hbond substituents is 1. The van der Waals surface area contributed by atoms with E-state index in [-0.39, 0.29) is 11.3 Å². The Hall–Kier alpha value is -3.48. The number of para-hydroxylation sites is 1. The second-order valence-corrected chi connectivity index (χ2v) is 5.14. The van der Waals surface area contributed by atoms with Gasteiger partial charge in [0.15, 0.2) is 11.6 Å². The summed E-state index contributed by atoms with van der Waals surface area (Å²) in [6.07, 6.45) is 7.66. The molecule has 6 nitrogen and oxygen atoms in total. The first kappa shape index (κ1) is 14.1. The van der Waals surface area contributed by atoms with Crippen LogP contribution in [-0.4, -0.2) is 29.6 Å². The first-order valence-electron chi connectivity index (χ1n) is 7.10. The molecule has 0 bridgehead atoms. The van der Waals surface area contributed by atoms with Crippen molar-refractivity contribution in [2.75, 3.05) is 0 Å². The van der Waals surface area contributed by atoms with Gasteiger partial charge in [-0.3, -0.25) is 14.4 Å². The molecule has 0 spiro atoms. The van der Waals surface area contributed by atoms with Gasteiger partial charge in [-0.25, -0.2) is 9.37 Å². The lowest BCUT2D eigenvalue weighted by molar-refractivity contribution is 0.434. The Kier molecular flexibility index (Phi) is 3.13. The zero-order valence-corrected chi connectivity index (χ0v) is 12.3. The summed E-state index contributed by atoms with van der Waals surface area (Å²) in [4.78, 5) is 12.4. The third-order valence-electron chi connectivity index (χ3n) is 3.73. The van der Waals surface area contributed by atoms with Crippen LogP contribution in [-0.2, 0) is 0 Å². The van der Waals surface area contributed by atoms with E-state index in [0.29, 0.717) is 22.6 Å². The Morgan fingerprint density at radius 3 is 2.62 bits per heavy atom. The molecule has 3 aromatic heterocycles. The second kappa shape index (κ2) is 5.31. The van der Waals surface area contributed by atoms with E-state index in [2.05, 4.69) is 15.0 Å². The predicted molar refractivity (Wildman–Crippen MR) is 84.9 cm³/mol. The van der Waals surface area contributed by atoms with Crippen molar-refractivity contribution < 1.29 is 14.6 Å². The van der Waals surface area contributed by atoms with E-state index >= 15 is 0 Å². The number of aromatic nitrogens is 4. The van der Waals surface area contributed by atoms with E-state index in [1.807, 2.05) is 0 Å². The number of imidazole rings is 1. The fraction of sp³-hybridized carbons (Fsp3) is 0. The SMILES string of the molecule is Oc1cnccc1-c1nc(-c2cccc(F)c2O)n2ccncc12. The summed E-state index contributed by atoms with van der Waals surface area (Å²) in [5.74, 6) is -0.898. The maximum atomic E-state index is 13.7. The van der Waals surface area contributed by atoms with Crippen molar-refractivity contribution in [3.8, 4) is 34.1 Å². The number of hydrogen-bond donors (Lipinski definition) is 2. The van der Waals surface area contributed by atoms with Gasteiger partial charge < -0.3 is 10.2 Å². The summed E-state index contributed by atoms with van der Waals surface area (Å²) >= 11 is 0. The van der Waals surface area contributed by atoms with Crippen molar-refractivity contribution in [3.05, 3.63) is 61.1 Å². The zero-order valence-electron chi connectivity index (χ0n) is 12.3. The predicted octanol–water partition coefficient (Wildman–Crippen LogP) is 3.01. The van der Waals surface area contributed by atoms with E-state index < -0.39 is 11.6 Å². The molecule has 0 atom stereocenters. The molecule has 118 valence electrons. The minimum absolute atomic E-state index is 0.0311. The molecule has 0 fully saturated rings. The number of benzene rings is 1. The summed E-state index contributed by atoms with van der Waals surface area (Å²) in [5.41, 5.74) is 1.79. The molecule has 0 unspecified atom stereocenters. The molecular weight excluding hydrogens is 311 g/mol. The molecule has 0 radical (unpaired) electrons. The minimum atomic E-state index is -0.730. The van der Waals surface area contributed by atoms with Crippen LogP contribution in [0, 0.1) is 5.82 Å². The normalized spacial score (nSPS) is 11.0. The zero-order chi connectivity index (χ0) is 16.7. The fourth-order valence-corrected chi connectivity index (χ4v) is 2.61. The van der Waals surface area contributed by atoms with E-state index in [4.69, 9.17) is 0 Å². The standard InChI is InChI=1S/C17H11FN4O2/c18-12-3-1-2-11(16(12)24)17-21-15(10-4-5-19-9-14(10)23)13-8-20-6-7-22(13)17/h1-9,23-24H. The van der Waals surface area contributed by atoms with Crippen LogP contribution in [0.4, 0.5) is 4.39 Å². The molecule has 7 heteroatoms. The minimum Gasteiger partial charge on any atom is -0.506 e. The smallest absolute Gasteiger partial charge is 0.165 e. The van der Waals surface area contributed by atoms with E-state index in [1.165, 1.54) is 24.5 Å². The van der Waals surface area contributed by atoms with Gasteiger partial charge in [0.1, 0.15) is 17.3 Å². The topological polar surface area (TPSA) is 83.5 Å². The molecule has 3 heterocycles. The fourth-order valence-electron chi connectivity index (χ4n) is 2.61. The highest BCUT2D eigenvalue weighted by Crippen LogP contribution is 2.36. The Balaban J connectivity index is 2.06. The van der Waals surface area contributed by atoms with Crippen LogP contribution < -0.4 is 0 Å². The summed E-state index contributed by atoms with van der Waals surface area (Å²) in [6.45, 7) is 0. The number of nitrogens with zero attached hydrogens (tertiary/aromatic N) is 4.